The summed E-state index contributed by atoms with van der Waals surface area (Å²) in [5, 5.41) is 2.87. The average molecular weight is 385 g/mol. The second kappa shape index (κ2) is 9.67. The van der Waals surface area contributed by atoms with Crippen LogP contribution in [0.2, 0.25) is 0 Å². The van der Waals surface area contributed by atoms with Gasteiger partial charge in [-0.15, -0.1) is 0 Å². The molecule has 0 heterocycles. The van der Waals surface area contributed by atoms with Gasteiger partial charge >= 0.3 is 5.97 Å². The molecule has 0 spiro atoms. The molecule has 128 valence electrons. The topological polar surface area (TPSA) is 58.6 Å². The number of ether oxygens (including phenoxy) is 1. The van der Waals surface area contributed by atoms with Crippen molar-refractivity contribution >= 4 is 33.5 Å². The summed E-state index contributed by atoms with van der Waals surface area (Å²) in [5.74, 6) is -0.111. The van der Waals surface area contributed by atoms with E-state index in [2.05, 4.69) is 21.2 Å². The second-order valence-corrected chi connectivity index (χ2v) is 6.75. The highest BCUT2D eigenvalue weighted by atomic mass is 79.9. The molecule has 0 bridgehead atoms. The molecule has 0 aliphatic heterocycles. The number of halogens is 1. The molecule has 1 rings (SSSR count). The van der Waals surface area contributed by atoms with E-state index >= 15 is 0 Å². The summed E-state index contributed by atoms with van der Waals surface area (Å²) < 4.78 is 5.81. The molecule has 6 heteroatoms. The number of amides is 1. The van der Waals surface area contributed by atoms with Gasteiger partial charge < -0.3 is 10.1 Å². The zero-order chi connectivity index (χ0) is 17.4. The Bertz CT molecular complexity index is 547. The Balaban J connectivity index is 2.66. The molecule has 0 radical (unpaired) electrons. The smallest absolute Gasteiger partial charge is 0.320 e. The van der Waals surface area contributed by atoms with Crippen molar-refractivity contribution in [2.75, 3.05) is 31.6 Å². The normalized spacial score (nSPS) is 10.9. The first-order valence-electron chi connectivity index (χ1n) is 7.75. The van der Waals surface area contributed by atoms with E-state index in [1.165, 1.54) is 0 Å². The van der Waals surface area contributed by atoms with Gasteiger partial charge in [-0.2, -0.15) is 0 Å². The van der Waals surface area contributed by atoms with Crippen molar-refractivity contribution in [3.63, 3.8) is 0 Å². The maximum atomic E-state index is 12.3. The van der Waals surface area contributed by atoms with E-state index in [1.807, 2.05) is 39.0 Å². The fourth-order valence-corrected chi connectivity index (χ4v) is 2.80. The van der Waals surface area contributed by atoms with Gasteiger partial charge in [-0.05, 0) is 53.4 Å². The fourth-order valence-electron chi connectivity index (χ4n) is 2.20. The fraction of sp³-hybridized carbons (Fsp3) is 0.529. The monoisotopic (exact) mass is 384 g/mol. The number of aryl methyl sites for hydroxylation is 1. The van der Waals surface area contributed by atoms with Crippen LogP contribution in [0, 0.1) is 12.8 Å². The number of hydrogen-bond acceptors (Lipinski definition) is 4. The number of carbonyl (C=O) groups is 2. The summed E-state index contributed by atoms with van der Waals surface area (Å²) in [5.41, 5.74) is 1.83. The van der Waals surface area contributed by atoms with Crippen molar-refractivity contribution in [3.8, 4) is 0 Å². The molecule has 0 saturated heterocycles. The summed E-state index contributed by atoms with van der Waals surface area (Å²) in [4.78, 5) is 25.7. The second-order valence-electron chi connectivity index (χ2n) is 5.90. The number of anilines is 1. The van der Waals surface area contributed by atoms with Crippen LogP contribution < -0.4 is 5.32 Å². The maximum absolute atomic E-state index is 12.3. The lowest BCUT2D eigenvalue weighted by Gasteiger charge is -2.22. The summed E-state index contributed by atoms with van der Waals surface area (Å²) in [6.07, 6.45) is 0. The van der Waals surface area contributed by atoms with Crippen molar-refractivity contribution in [1.82, 2.24) is 4.90 Å². The van der Waals surface area contributed by atoms with Gasteiger partial charge in [0.25, 0.3) is 0 Å². The summed E-state index contributed by atoms with van der Waals surface area (Å²) >= 11 is 3.44. The van der Waals surface area contributed by atoms with Gasteiger partial charge in [0.2, 0.25) is 5.91 Å². The number of nitrogens with one attached hydrogen (secondary N) is 1. The lowest BCUT2D eigenvalue weighted by Crippen LogP contribution is -2.39. The molecule has 1 N–H and O–H groups in total. The number of benzene rings is 1. The van der Waals surface area contributed by atoms with Gasteiger partial charge in [0.1, 0.15) is 0 Å². The standard InChI is InChI=1S/C17H25BrN2O3/c1-5-23-17(22)11-20(9-12(2)3)10-16(21)19-15-7-6-13(4)8-14(15)18/h6-8,12H,5,9-11H2,1-4H3,(H,19,21). The predicted octanol–water partition coefficient (Wildman–Crippen LogP) is 3.22. The van der Waals surface area contributed by atoms with Crippen LogP contribution in [0.3, 0.4) is 0 Å². The molecule has 5 nitrogen and oxygen atoms in total. The van der Waals surface area contributed by atoms with E-state index in [0.29, 0.717) is 19.1 Å². The molecule has 1 aromatic rings. The highest BCUT2D eigenvalue weighted by Gasteiger charge is 2.17. The molecular weight excluding hydrogens is 360 g/mol. The molecule has 23 heavy (non-hydrogen) atoms. The van der Waals surface area contributed by atoms with Crippen LogP contribution in [0.1, 0.15) is 26.3 Å². The molecule has 0 unspecified atom stereocenters. The van der Waals surface area contributed by atoms with Gasteiger partial charge in [0.15, 0.2) is 0 Å². The van der Waals surface area contributed by atoms with Crippen molar-refractivity contribution in [2.24, 2.45) is 5.92 Å². The molecule has 0 aromatic heterocycles. The summed E-state index contributed by atoms with van der Waals surface area (Å²) in [7, 11) is 0. The van der Waals surface area contributed by atoms with Crippen molar-refractivity contribution in [3.05, 3.63) is 28.2 Å². The van der Waals surface area contributed by atoms with E-state index in [0.717, 1.165) is 15.7 Å². The van der Waals surface area contributed by atoms with Gasteiger partial charge in [0.05, 0.1) is 25.4 Å². The first-order valence-corrected chi connectivity index (χ1v) is 8.55. The first kappa shape index (κ1) is 19.6. The third kappa shape index (κ3) is 7.61. The molecule has 0 atom stereocenters. The van der Waals surface area contributed by atoms with Crippen LogP contribution in [-0.2, 0) is 14.3 Å². The van der Waals surface area contributed by atoms with Crippen LogP contribution in [0.25, 0.3) is 0 Å². The van der Waals surface area contributed by atoms with Crippen molar-refractivity contribution in [1.29, 1.82) is 0 Å². The highest BCUT2D eigenvalue weighted by Crippen LogP contribution is 2.23. The minimum absolute atomic E-state index is 0.120. The van der Waals surface area contributed by atoms with Crippen molar-refractivity contribution < 1.29 is 14.3 Å². The maximum Gasteiger partial charge on any atom is 0.320 e. The van der Waals surface area contributed by atoms with Gasteiger partial charge in [-0.1, -0.05) is 19.9 Å². The van der Waals surface area contributed by atoms with Crippen LogP contribution in [0.4, 0.5) is 5.69 Å². The van der Waals surface area contributed by atoms with E-state index in [1.54, 1.807) is 11.8 Å². The number of carbonyl (C=O) groups excluding carboxylic acids is 2. The Morgan fingerprint density at radius 1 is 1.30 bits per heavy atom. The van der Waals surface area contributed by atoms with Crippen LogP contribution in [0.15, 0.2) is 22.7 Å². The Labute approximate surface area is 146 Å². The molecule has 1 amide bonds. The predicted molar refractivity (Wildman–Crippen MR) is 95.4 cm³/mol. The van der Waals surface area contributed by atoms with Crippen LogP contribution in [-0.4, -0.2) is 43.0 Å². The minimum atomic E-state index is -0.308. The average Bonchev–Trinajstić information content (AvgIpc) is 2.41. The molecular formula is C17H25BrN2O3. The molecule has 0 aliphatic carbocycles. The molecule has 1 aromatic carbocycles. The number of esters is 1. The van der Waals surface area contributed by atoms with E-state index < -0.39 is 0 Å². The van der Waals surface area contributed by atoms with E-state index in [9.17, 15) is 9.59 Å². The SMILES string of the molecule is CCOC(=O)CN(CC(=O)Nc1ccc(C)cc1Br)CC(C)C. The zero-order valence-electron chi connectivity index (χ0n) is 14.2. The highest BCUT2D eigenvalue weighted by molar-refractivity contribution is 9.10. The first-order chi connectivity index (χ1) is 10.8. The quantitative estimate of drug-likeness (QED) is 0.699. The van der Waals surface area contributed by atoms with E-state index in [-0.39, 0.29) is 25.0 Å². The Hall–Kier alpha value is -1.40. The molecule has 0 fully saturated rings. The third-order valence-electron chi connectivity index (χ3n) is 3.05. The summed E-state index contributed by atoms with van der Waals surface area (Å²) in [6.45, 7) is 9.12. The van der Waals surface area contributed by atoms with E-state index in [4.69, 9.17) is 4.74 Å². The van der Waals surface area contributed by atoms with Crippen molar-refractivity contribution in [2.45, 2.75) is 27.7 Å². The minimum Gasteiger partial charge on any atom is -0.465 e. The van der Waals surface area contributed by atoms with Gasteiger partial charge in [0, 0.05) is 11.0 Å². The zero-order valence-corrected chi connectivity index (χ0v) is 15.8. The lowest BCUT2D eigenvalue weighted by atomic mass is 10.2. The largest absolute Gasteiger partial charge is 0.465 e. The number of hydrogen-bond donors (Lipinski definition) is 1. The van der Waals surface area contributed by atoms with Gasteiger partial charge in [-0.25, -0.2) is 0 Å². The van der Waals surface area contributed by atoms with Crippen LogP contribution >= 0.6 is 15.9 Å². The number of rotatable bonds is 8. The molecule has 0 aliphatic rings. The number of nitrogens with zero attached hydrogens (tertiary/aromatic N) is 1. The Morgan fingerprint density at radius 2 is 2.00 bits per heavy atom. The molecule has 0 saturated carbocycles. The Kier molecular flexibility index (Phi) is 8.26. The van der Waals surface area contributed by atoms with Crippen LogP contribution in [0.5, 0.6) is 0 Å². The third-order valence-corrected chi connectivity index (χ3v) is 3.70. The van der Waals surface area contributed by atoms with Gasteiger partial charge in [-0.3, -0.25) is 14.5 Å². The Morgan fingerprint density at radius 3 is 2.57 bits per heavy atom. The lowest BCUT2D eigenvalue weighted by molar-refractivity contribution is -0.144. The summed E-state index contributed by atoms with van der Waals surface area (Å²) in [6, 6.07) is 5.74.